The van der Waals surface area contributed by atoms with E-state index in [1.54, 1.807) is 36.4 Å². The molecule has 30 heavy (non-hydrogen) atoms. The summed E-state index contributed by atoms with van der Waals surface area (Å²) in [6.07, 6.45) is 1.24. The fourth-order valence-electron chi connectivity index (χ4n) is 3.32. The molecule has 3 aromatic rings. The van der Waals surface area contributed by atoms with Crippen molar-refractivity contribution in [3.05, 3.63) is 84.6 Å². The number of benzene rings is 2. The minimum atomic E-state index is -1.02. The average molecular weight is 407 g/mol. The topological polar surface area (TPSA) is 82.9 Å². The van der Waals surface area contributed by atoms with Gasteiger partial charge in [-0.3, -0.25) is 9.59 Å². The number of para-hydroxylation sites is 1. The molecule has 1 N–H and O–H groups in total. The Balaban J connectivity index is 1.59. The van der Waals surface area contributed by atoms with Crippen LogP contribution in [-0.4, -0.2) is 28.8 Å². The molecule has 1 fully saturated rings. The summed E-state index contributed by atoms with van der Waals surface area (Å²) in [6, 6.07) is 15.6. The van der Waals surface area contributed by atoms with Gasteiger partial charge >= 0.3 is 6.03 Å². The van der Waals surface area contributed by atoms with Gasteiger partial charge in [0, 0.05) is 5.69 Å². The summed E-state index contributed by atoms with van der Waals surface area (Å²) >= 11 is 0. The monoisotopic (exact) mass is 407 g/mol. The highest BCUT2D eigenvalue weighted by Gasteiger charge is 2.47. The average Bonchev–Trinajstić information content (AvgIpc) is 3.33. The number of carbonyl (C=O) groups is 3. The third kappa shape index (κ3) is 3.93. The Morgan fingerprint density at radius 1 is 1.00 bits per heavy atom. The van der Waals surface area contributed by atoms with Crippen LogP contribution in [0.1, 0.15) is 12.2 Å². The van der Waals surface area contributed by atoms with Gasteiger partial charge in [-0.25, -0.2) is 14.1 Å². The van der Waals surface area contributed by atoms with E-state index in [1.807, 2.05) is 6.07 Å². The molecule has 152 valence electrons. The largest absolute Gasteiger partial charge is 0.467 e. The van der Waals surface area contributed by atoms with E-state index < -0.39 is 29.7 Å². The molecule has 1 saturated heterocycles. The number of urea groups is 1. The number of halogens is 1. The van der Waals surface area contributed by atoms with Gasteiger partial charge in [-0.15, -0.1) is 0 Å². The molecule has 1 atom stereocenters. The van der Waals surface area contributed by atoms with Crippen LogP contribution >= 0.6 is 0 Å². The standard InChI is InChI=1S/C22H18FN3O4/c23-15-8-10-17(11-9-15)26-21(28)19(13-20(27)24-16-5-2-1-3-6-16)25(22(26)29)14-18-7-4-12-30-18/h1-12,19H,13-14H2,(H,24,27)/t19-/m0/s1. The Labute approximate surface area is 171 Å². The van der Waals surface area contributed by atoms with Crippen molar-refractivity contribution in [1.29, 1.82) is 0 Å². The number of carbonyl (C=O) groups excluding carboxylic acids is 3. The minimum absolute atomic E-state index is 0.0263. The molecule has 2 aromatic carbocycles. The summed E-state index contributed by atoms with van der Waals surface area (Å²) in [7, 11) is 0. The number of nitrogens with one attached hydrogen (secondary N) is 1. The molecule has 0 bridgehead atoms. The zero-order chi connectivity index (χ0) is 21.1. The van der Waals surface area contributed by atoms with Crippen LogP contribution in [0.25, 0.3) is 0 Å². The Bertz CT molecular complexity index is 1050. The van der Waals surface area contributed by atoms with E-state index in [4.69, 9.17) is 4.42 Å². The van der Waals surface area contributed by atoms with Crippen LogP contribution < -0.4 is 10.2 Å². The van der Waals surface area contributed by atoms with E-state index in [9.17, 15) is 18.8 Å². The summed E-state index contributed by atoms with van der Waals surface area (Å²) in [5, 5.41) is 2.73. The van der Waals surface area contributed by atoms with Gasteiger partial charge in [0.25, 0.3) is 5.91 Å². The maximum absolute atomic E-state index is 13.3. The number of hydrogen-bond acceptors (Lipinski definition) is 4. The Kier molecular flexibility index (Phi) is 5.30. The van der Waals surface area contributed by atoms with E-state index in [1.165, 1.54) is 35.4 Å². The van der Waals surface area contributed by atoms with Gasteiger partial charge < -0.3 is 14.6 Å². The molecule has 0 radical (unpaired) electrons. The molecule has 7 nitrogen and oxygen atoms in total. The predicted molar refractivity (Wildman–Crippen MR) is 107 cm³/mol. The first-order chi connectivity index (χ1) is 14.5. The van der Waals surface area contributed by atoms with Crippen LogP contribution in [0.15, 0.2) is 77.4 Å². The van der Waals surface area contributed by atoms with Gasteiger partial charge in [0.2, 0.25) is 5.91 Å². The van der Waals surface area contributed by atoms with Gasteiger partial charge in [0.05, 0.1) is 24.9 Å². The van der Waals surface area contributed by atoms with Crippen molar-refractivity contribution in [2.45, 2.75) is 19.0 Å². The number of anilines is 2. The van der Waals surface area contributed by atoms with Crippen LogP contribution in [0.2, 0.25) is 0 Å². The molecule has 4 amide bonds. The van der Waals surface area contributed by atoms with Gasteiger partial charge in [0.15, 0.2) is 0 Å². The zero-order valence-electron chi connectivity index (χ0n) is 15.8. The minimum Gasteiger partial charge on any atom is -0.467 e. The molecular weight excluding hydrogens is 389 g/mol. The molecule has 0 aliphatic carbocycles. The number of furan rings is 1. The van der Waals surface area contributed by atoms with Crippen molar-refractivity contribution in [1.82, 2.24) is 4.90 Å². The molecule has 0 spiro atoms. The number of hydrogen-bond donors (Lipinski definition) is 1. The smallest absolute Gasteiger partial charge is 0.332 e. The van der Waals surface area contributed by atoms with E-state index in [-0.39, 0.29) is 18.7 Å². The van der Waals surface area contributed by atoms with Crippen molar-refractivity contribution in [3.63, 3.8) is 0 Å². The SMILES string of the molecule is O=C(C[C@H]1C(=O)N(c2ccc(F)cc2)C(=O)N1Cc1ccco1)Nc1ccccc1. The fourth-order valence-corrected chi connectivity index (χ4v) is 3.32. The molecule has 0 unspecified atom stereocenters. The van der Waals surface area contributed by atoms with Gasteiger partial charge in [0.1, 0.15) is 17.6 Å². The van der Waals surface area contributed by atoms with Gasteiger partial charge in [-0.1, -0.05) is 18.2 Å². The first-order valence-electron chi connectivity index (χ1n) is 9.30. The lowest BCUT2D eigenvalue weighted by Crippen LogP contribution is -2.37. The van der Waals surface area contributed by atoms with Gasteiger partial charge in [-0.2, -0.15) is 0 Å². The van der Waals surface area contributed by atoms with Crippen molar-refractivity contribution < 1.29 is 23.2 Å². The predicted octanol–water partition coefficient (Wildman–Crippen LogP) is 3.78. The zero-order valence-corrected chi connectivity index (χ0v) is 15.8. The van der Waals surface area contributed by atoms with Crippen LogP contribution in [0, 0.1) is 5.82 Å². The maximum Gasteiger partial charge on any atom is 0.332 e. The Morgan fingerprint density at radius 3 is 2.40 bits per heavy atom. The summed E-state index contributed by atoms with van der Waals surface area (Å²) in [4.78, 5) is 40.9. The molecule has 8 heteroatoms. The highest BCUT2D eigenvalue weighted by molar-refractivity contribution is 6.22. The third-order valence-corrected chi connectivity index (χ3v) is 4.75. The lowest BCUT2D eigenvalue weighted by atomic mass is 10.1. The molecule has 0 saturated carbocycles. The quantitative estimate of drug-likeness (QED) is 0.631. The normalized spacial score (nSPS) is 16.2. The van der Waals surface area contributed by atoms with Crippen molar-refractivity contribution in [2.75, 3.05) is 10.2 Å². The van der Waals surface area contributed by atoms with Crippen molar-refractivity contribution >= 4 is 29.2 Å². The van der Waals surface area contributed by atoms with Crippen LogP contribution in [-0.2, 0) is 16.1 Å². The molecular formula is C22H18FN3O4. The van der Waals surface area contributed by atoms with E-state index >= 15 is 0 Å². The third-order valence-electron chi connectivity index (χ3n) is 4.75. The lowest BCUT2D eigenvalue weighted by molar-refractivity contribution is -0.124. The van der Waals surface area contributed by atoms with E-state index in [0.29, 0.717) is 11.4 Å². The second-order valence-electron chi connectivity index (χ2n) is 6.77. The Hall–Kier alpha value is -3.94. The summed E-state index contributed by atoms with van der Waals surface area (Å²) in [5.41, 5.74) is 0.828. The second kappa shape index (κ2) is 8.20. The van der Waals surface area contributed by atoms with Crippen molar-refractivity contribution in [2.24, 2.45) is 0 Å². The first kappa shape index (κ1) is 19.4. The summed E-state index contributed by atoms with van der Waals surface area (Å²) in [5.74, 6) is -0.964. The highest BCUT2D eigenvalue weighted by Crippen LogP contribution is 2.29. The molecule has 1 aromatic heterocycles. The molecule has 4 rings (SSSR count). The van der Waals surface area contributed by atoms with E-state index in [0.717, 1.165) is 4.90 Å². The van der Waals surface area contributed by atoms with Crippen LogP contribution in [0.4, 0.5) is 20.6 Å². The Morgan fingerprint density at radius 2 is 1.73 bits per heavy atom. The van der Waals surface area contributed by atoms with Crippen LogP contribution in [0.3, 0.4) is 0 Å². The maximum atomic E-state index is 13.3. The first-order valence-corrected chi connectivity index (χ1v) is 9.30. The molecule has 2 heterocycles. The molecule has 1 aliphatic heterocycles. The van der Waals surface area contributed by atoms with E-state index in [2.05, 4.69) is 5.32 Å². The summed E-state index contributed by atoms with van der Waals surface area (Å²) in [6.45, 7) is 0.0263. The lowest BCUT2D eigenvalue weighted by Gasteiger charge is -2.20. The van der Waals surface area contributed by atoms with Gasteiger partial charge in [-0.05, 0) is 48.5 Å². The molecule has 1 aliphatic rings. The van der Waals surface area contributed by atoms with Crippen LogP contribution in [0.5, 0.6) is 0 Å². The number of amides is 4. The van der Waals surface area contributed by atoms with Crippen molar-refractivity contribution in [3.8, 4) is 0 Å². The summed E-state index contributed by atoms with van der Waals surface area (Å²) < 4.78 is 18.6. The number of rotatable bonds is 6. The fraction of sp³-hybridized carbons (Fsp3) is 0.136. The number of nitrogens with zero attached hydrogens (tertiary/aromatic N) is 2. The highest BCUT2D eigenvalue weighted by atomic mass is 19.1. The second-order valence-corrected chi connectivity index (χ2v) is 6.77. The number of imide groups is 1.